The van der Waals surface area contributed by atoms with Crippen LogP contribution < -0.4 is 4.74 Å². The number of thiazole rings is 1. The number of halogens is 1. The molecule has 1 aliphatic heterocycles. The predicted molar refractivity (Wildman–Crippen MR) is 104 cm³/mol. The smallest absolute Gasteiger partial charge is 0.274 e. The molecule has 1 aromatic heterocycles. The Balaban J connectivity index is 1.35. The molecule has 2 aromatic carbocycles. The molecule has 0 saturated carbocycles. The fraction of sp³-hybridized carbons (Fsp3) is 0.316. The number of nitrogens with zero attached hydrogens (tertiary/aromatic N) is 2. The van der Waals surface area contributed by atoms with Crippen LogP contribution >= 0.6 is 11.3 Å². The first kappa shape index (κ1) is 18.3. The van der Waals surface area contributed by atoms with Crippen LogP contribution in [0, 0.1) is 5.82 Å². The molecule has 2 heterocycles. The maximum absolute atomic E-state index is 13.0. The lowest BCUT2D eigenvalue weighted by atomic mass is 10.1. The van der Waals surface area contributed by atoms with E-state index in [1.165, 1.54) is 39.9 Å². The lowest BCUT2D eigenvalue weighted by Gasteiger charge is -2.30. The summed E-state index contributed by atoms with van der Waals surface area (Å²) >= 11 is 1.50. The molecule has 0 atom stereocenters. The largest absolute Gasteiger partial charge is 0.467 e. The van der Waals surface area contributed by atoms with Gasteiger partial charge in [0, 0.05) is 13.1 Å². The molecular formula is C19H19FN2O3S2. The van der Waals surface area contributed by atoms with E-state index in [-0.39, 0.29) is 17.7 Å². The summed E-state index contributed by atoms with van der Waals surface area (Å²) < 4.78 is 46.7. The van der Waals surface area contributed by atoms with Gasteiger partial charge in [0.25, 0.3) is 5.19 Å². The van der Waals surface area contributed by atoms with Crippen molar-refractivity contribution in [3.8, 4) is 5.19 Å². The monoisotopic (exact) mass is 406 g/mol. The van der Waals surface area contributed by atoms with Crippen molar-refractivity contribution in [3.63, 3.8) is 0 Å². The van der Waals surface area contributed by atoms with Crippen molar-refractivity contribution in [3.05, 3.63) is 59.9 Å². The third-order valence-corrected chi connectivity index (χ3v) is 7.38. The first-order chi connectivity index (χ1) is 13.0. The summed E-state index contributed by atoms with van der Waals surface area (Å²) in [4.78, 5) is 4.47. The molecule has 142 valence electrons. The van der Waals surface area contributed by atoms with Gasteiger partial charge in [-0.2, -0.15) is 0 Å². The number of hydrogen-bond acceptors (Lipinski definition) is 5. The molecule has 0 N–H and O–H groups in total. The maximum atomic E-state index is 13.0. The first-order valence-electron chi connectivity index (χ1n) is 8.74. The molecule has 0 aliphatic carbocycles. The molecule has 0 amide bonds. The van der Waals surface area contributed by atoms with Gasteiger partial charge in [-0.05, 0) is 42.7 Å². The zero-order valence-corrected chi connectivity index (χ0v) is 16.2. The van der Waals surface area contributed by atoms with Gasteiger partial charge in [0.1, 0.15) is 11.9 Å². The second kappa shape index (κ2) is 7.53. The Morgan fingerprint density at radius 3 is 2.52 bits per heavy atom. The van der Waals surface area contributed by atoms with Gasteiger partial charge in [-0.3, -0.25) is 0 Å². The Hall–Kier alpha value is -2.03. The van der Waals surface area contributed by atoms with Crippen LogP contribution in [0.2, 0.25) is 0 Å². The van der Waals surface area contributed by atoms with E-state index in [1.807, 2.05) is 24.3 Å². The molecule has 0 bridgehead atoms. The zero-order valence-electron chi connectivity index (χ0n) is 14.5. The van der Waals surface area contributed by atoms with E-state index in [4.69, 9.17) is 4.74 Å². The third kappa shape index (κ3) is 4.28. The topological polar surface area (TPSA) is 59.5 Å². The van der Waals surface area contributed by atoms with Gasteiger partial charge in [0.15, 0.2) is 0 Å². The quantitative estimate of drug-likeness (QED) is 0.647. The Labute approximate surface area is 161 Å². The molecule has 0 spiro atoms. The van der Waals surface area contributed by atoms with Gasteiger partial charge in [-0.1, -0.05) is 35.6 Å². The predicted octanol–water partition coefficient (Wildman–Crippen LogP) is 3.81. The molecule has 27 heavy (non-hydrogen) atoms. The van der Waals surface area contributed by atoms with E-state index in [2.05, 4.69) is 4.98 Å². The highest BCUT2D eigenvalue weighted by Gasteiger charge is 2.29. The number of para-hydroxylation sites is 1. The zero-order chi connectivity index (χ0) is 18.9. The number of sulfonamides is 1. The van der Waals surface area contributed by atoms with Crippen molar-refractivity contribution in [2.75, 3.05) is 13.1 Å². The standard InChI is InChI=1S/C19H19FN2O3S2/c20-15-7-5-14(6-8-15)13-27(23,24)22-11-9-16(10-12-22)25-19-21-17-3-1-2-4-18(17)26-19/h1-8,16H,9-13H2. The Morgan fingerprint density at radius 1 is 1.11 bits per heavy atom. The average Bonchev–Trinajstić information content (AvgIpc) is 3.06. The number of ether oxygens (including phenoxy) is 1. The van der Waals surface area contributed by atoms with E-state index in [9.17, 15) is 12.8 Å². The maximum Gasteiger partial charge on any atom is 0.274 e. The molecule has 0 radical (unpaired) electrons. The van der Waals surface area contributed by atoms with Crippen LogP contribution in [-0.4, -0.2) is 36.9 Å². The van der Waals surface area contributed by atoms with Crippen molar-refractivity contribution in [2.24, 2.45) is 0 Å². The Morgan fingerprint density at radius 2 is 1.81 bits per heavy atom. The van der Waals surface area contributed by atoms with E-state index in [1.54, 1.807) is 0 Å². The van der Waals surface area contributed by atoms with E-state index < -0.39 is 10.0 Å². The van der Waals surface area contributed by atoms with Crippen LogP contribution in [0.3, 0.4) is 0 Å². The molecule has 5 nitrogen and oxygen atoms in total. The minimum Gasteiger partial charge on any atom is -0.467 e. The highest BCUT2D eigenvalue weighted by Crippen LogP contribution is 2.30. The van der Waals surface area contributed by atoms with Crippen LogP contribution in [0.25, 0.3) is 10.2 Å². The third-order valence-electron chi connectivity index (χ3n) is 4.60. The van der Waals surface area contributed by atoms with Crippen molar-refractivity contribution >= 4 is 31.6 Å². The Kier molecular flexibility index (Phi) is 5.12. The van der Waals surface area contributed by atoms with Crippen LogP contribution in [0.5, 0.6) is 5.19 Å². The van der Waals surface area contributed by atoms with E-state index >= 15 is 0 Å². The molecule has 3 aromatic rings. The summed E-state index contributed by atoms with van der Waals surface area (Å²) in [6.07, 6.45) is 1.21. The van der Waals surface area contributed by atoms with Crippen LogP contribution in [0.1, 0.15) is 18.4 Å². The van der Waals surface area contributed by atoms with Gasteiger partial charge in [0.2, 0.25) is 10.0 Å². The number of hydrogen-bond donors (Lipinski definition) is 0. The molecular weight excluding hydrogens is 387 g/mol. The van der Waals surface area contributed by atoms with Crippen LogP contribution in [-0.2, 0) is 15.8 Å². The number of rotatable bonds is 5. The van der Waals surface area contributed by atoms with Crippen molar-refractivity contribution in [1.29, 1.82) is 0 Å². The lowest BCUT2D eigenvalue weighted by Crippen LogP contribution is -2.42. The van der Waals surface area contributed by atoms with Crippen molar-refractivity contribution < 1.29 is 17.5 Å². The van der Waals surface area contributed by atoms with Gasteiger partial charge in [0.05, 0.1) is 16.0 Å². The fourth-order valence-corrected chi connectivity index (χ4v) is 5.60. The Bertz CT molecular complexity index is 994. The summed E-state index contributed by atoms with van der Waals surface area (Å²) in [6.45, 7) is 0.832. The average molecular weight is 407 g/mol. The van der Waals surface area contributed by atoms with Crippen molar-refractivity contribution in [2.45, 2.75) is 24.7 Å². The summed E-state index contributed by atoms with van der Waals surface area (Å²) in [7, 11) is -3.42. The number of benzene rings is 2. The van der Waals surface area contributed by atoms with Gasteiger partial charge in [-0.15, -0.1) is 0 Å². The number of piperidine rings is 1. The minimum absolute atomic E-state index is 0.0390. The van der Waals surface area contributed by atoms with Crippen LogP contribution in [0.4, 0.5) is 4.39 Å². The minimum atomic E-state index is -3.42. The highest BCUT2D eigenvalue weighted by molar-refractivity contribution is 7.88. The molecule has 1 fully saturated rings. The molecule has 1 aliphatic rings. The fourth-order valence-electron chi connectivity index (χ4n) is 3.15. The number of fused-ring (bicyclic) bond motifs is 1. The van der Waals surface area contributed by atoms with Gasteiger partial charge < -0.3 is 4.74 Å². The molecule has 4 rings (SSSR count). The summed E-state index contributed by atoms with van der Waals surface area (Å²) in [5.74, 6) is -0.486. The molecule has 0 unspecified atom stereocenters. The van der Waals surface area contributed by atoms with E-state index in [0.717, 1.165) is 10.2 Å². The summed E-state index contributed by atoms with van der Waals surface area (Å²) in [5, 5.41) is 0.629. The van der Waals surface area contributed by atoms with Crippen LogP contribution in [0.15, 0.2) is 48.5 Å². The normalized spacial score (nSPS) is 16.6. The summed E-state index contributed by atoms with van der Waals surface area (Å²) in [6, 6.07) is 13.4. The van der Waals surface area contributed by atoms with E-state index in [0.29, 0.717) is 36.7 Å². The molecule has 8 heteroatoms. The SMILES string of the molecule is O=S(=O)(Cc1ccc(F)cc1)N1CCC(Oc2nc3ccccc3s2)CC1. The second-order valence-electron chi connectivity index (χ2n) is 6.55. The summed E-state index contributed by atoms with van der Waals surface area (Å²) in [5.41, 5.74) is 1.50. The second-order valence-corrected chi connectivity index (χ2v) is 9.51. The molecule has 1 saturated heterocycles. The highest BCUT2D eigenvalue weighted by atomic mass is 32.2. The number of aromatic nitrogens is 1. The van der Waals surface area contributed by atoms with Crippen molar-refractivity contribution in [1.82, 2.24) is 9.29 Å². The van der Waals surface area contributed by atoms with Gasteiger partial charge in [-0.25, -0.2) is 22.1 Å². The van der Waals surface area contributed by atoms with Gasteiger partial charge >= 0.3 is 0 Å². The first-order valence-corrected chi connectivity index (χ1v) is 11.2. The lowest BCUT2D eigenvalue weighted by molar-refractivity contribution is 0.135.